The van der Waals surface area contributed by atoms with Crippen LogP contribution < -0.4 is 11.1 Å². The zero-order chi connectivity index (χ0) is 15.6. The fourth-order valence-corrected chi connectivity index (χ4v) is 3.04. The van der Waals surface area contributed by atoms with Crippen molar-refractivity contribution in [2.45, 2.75) is 31.9 Å². The smallest absolute Gasteiger partial charge is 0.241 e. The number of anilines is 2. The number of carbonyl (C=O) groups is 1. The van der Waals surface area contributed by atoms with Crippen LogP contribution >= 0.6 is 23.2 Å². The summed E-state index contributed by atoms with van der Waals surface area (Å²) in [5, 5.41) is 13.0. The minimum Gasteiger partial charge on any atom is -0.399 e. The van der Waals surface area contributed by atoms with E-state index < -0.39 is 0 Å². The standard InChI is InChI=1S/C14H19Cl2N3O2/c1-8(19-4-2-3-10(20)7-19)14(21)18-13-11(15)5-9(17)6-12(13)16/h5-6,8,10,20H,2-4,7,17H2,1H3,(H,18,21). The molecule has 1 aliphatic heterocycles. The summed E-state index contributed by atoms with van der Waals surface area (Å²) in [6, 6.07) is 2.71. The maximum absolute atomic E-state index is 12.3. The maximum Gasteiger partial charge on any atom is 0.241 e. The van der Waals surface area contributed by atoms with Crippen molar-refractivity contribution in [2.75, 3.05) is 24.1 Å². The monoisotopic (exact) mass is 331 g/mol. The zero-order valence-corrected chi connectivity index (χ0v) is 13.3. The molecule has 0 aromatic heterocycles. The summed E-state index contributed by atoms with van der Waals surface area (Å²) in [7, 11) is 0. The van der Waals surface area contributed by atoms with Gasteiger partial charge < -0.3 is 16.2 Å². The number of aliphatic hydroxyl groups excluding tert-OH is 1. The normalized spacial score (nSPS) is 21.0. The molecule has 1 heterocycles. The van der Waals surface area contributed by atoms with Crippen LogP contribution in [0.3, 0.4) is 0 Å². The predicted octanol–water partition coefficient (Wildman–Crippen LogP) is 2.36. The molecular formula is C14H19Cl2N3O2. The zero-order valence-electron chi connectivity index (χ0n) is 11.8. The molecule has 1 aromatic carbocycles. The van der Waals surface area contributed by atoms with Crippen molar-refractivity contribution in [3.63, 3.8) is 0 Å². The molecule has 0 aliphatic carbocycles. The van der Waals surface area contributed by atoms with Crippen LogP contribution in [0.15, 0.2) is 12.1 Å². The average Bonchev–Trinajstić information content (AvgIpc) is 2.41. The number of rotatable bonds is 3. The lowest BCUT2D eigenvalue weighted by molar-refractivity contribution is -0.121. The summed E-state index contributed by atoms with van der Waals surface area (Å²) in [4.78, 5) is 14.3. The summed E-state index contributed by atoms with van der Waals surface area (Å²) in [5.41, 5.74) is 6.44. The number of piperidine rings is 1. The third kappa shape index (κ3) is 4.01. The highest BCUT2D eigenvalue weighted by molar-refractivity contribution is 6.40. The van der Waals surface area contributed by atoms with Gasteiger partial charge in [-0.25, -0.2) is 0 Å². The third-order valence-electron chi connectivity index (χ3n) is 3.67. The lowest BCUT2D eigenvalue weighted by Crippen LogP contribution is -2.48. The minimum absolute atomic E-state index is 0.210. The molecule has 4 N–H and O–H groups in total. The molecule has 2 unspecified atom stereocenters. The largest absolute Gasteiger partial charge is 0.399 e. The Morgan fingerprint density at radius 2 is 2.10 bits per heavy atom. The molecule has 5 nitrogen and oxygen atoms in total. The number of carbonyl (C=O) groups excluding carboxylic acids is 1. The molecule has 1 amide bonds. The molecule has 1 aliphatic rings. The van der Waals surface area contributed by atoms with Gasteiger partial charge in [-0.05, 0) is 38.4 Å². The van der Waals surface area contributed by atoms with Gasteiger partial charge in [-0.15, -0.1) is 0 Å². The molecular weight excluding hydrogens is 313 g/mol. The van der Waals surface area contributed by atoms with Gasteiger partial charge in [0.05, 0.1) is 27.9 Å². The quantitative estimate of drug-likeness (QED) is 0.743. The highest BCUT2D eigenvalue weighted by Gasteiger charge is 2.27. The van der Waals surface area contributed by atoms with Crippen LogP contribution in [-0.4, -0.2) is 41.1 Å². The van der Waals surface area contributed by atoms with Crippen LogP contribution in [0.4, 0.5) is 11.4 Å². The highest BCUT2D eigenvalue weighted by Crippen LogP contribution is 2.33. The van der Waals surface area contributed by atoms with Gasteiger partial charge in [0.15, 0.2) is 0 Å². The second kappa shape index (κ2) is 6.83. The van der Waals surface area contributed by atoms with Crippen molar-refractivity contribution in [2.24, 2.45) is 0 Å². The van der Waals surface area contributed by atoms with E-state index in [1.807, 2.05) is 4.90 Å². The first-order valence-electron chi connectivity index (χ1n) is 6.86. The Morgan fingerprint density at radius 1 is 1.48 bits per heavy atom. The average molecular weight is 332 g/mol. The number of halogens is 2. The summed E-state index contributed by atoms with van der Waals surface area (Å²) in [6.45, 7) is 3.08. The van der Waals surface area contributed by atoms with Gasteiger partial charge >= 0.3 is 0 Å². The Hall–Kier alpha value is -1.01. The van der Waals surface area contributed by atoms with E-state index in [1.165, 1.54) is 0 Å². The van der Waals surface area contributed by atoms with E-state index in [0.717, 1.165) is 19.4 Å². The van der Waals surface area contributed by atoms with E-state index >= 15 is 0 Å². The van der Waals surface area contributed by atoms with Crippen molar-refractivity contribution in [3.05, 3.63) is 22.2 Å². The van der Waals surface area contributed by atoms with Gasteiger partial charge in [0.25, 0.3) is 0 Å². The van der Waals surface area contributed by atoms with Gasteiger partial charge in [-0.1, -0.05) is 23.2 Å². The topological polar surface area (TPSA) is 78.6 Å². The first-order chi connectivity index (χ1) is 9.88. The summed E-state index contributed by atoms with van der Waals surface area (Å²) >= 11 is 12.1. The number of benzene rings is 1. The Balaban J connectivity index is 2.07. The van der Waals surface area contributed by atoms with Crippen molar-refractivity contribution >= 4 is 40.5 Å². The Labute approximate surface area is 134 Å². The van der Waals surface area contributed by atoms with Gasteiger partial charge in [0.1, 0.15) is 0 Å². The van der Waals surface area contributed by atoms with Crippen LogP contribution in [0.1, 0.15) is 19.8 Å². The number of nitrogens with one attached hydrogen (secondary N) is 1. The fourth-order valence-electron chi connectivity index (χ4n) is 2.44. The SMILES string of the molecule is CC(C(=O)Nc1c(Cl)cc(N)cc1Cl)N1CCCC(O)C1. The van der Waals surface area contributed by atoms with Crippen LogP contribution in [0.25, 0.3) is 0 Å². The number of amides is 1. The lowest BCUT2D eigenvalue weighted by Gasteiger charge is -2.34. The van der Waals surface area contributed by atoms with Crippen LogP contribution in [0.5, 0.6) is 0 Å². The van der Waals surface area contributed by atoms with Crippen LogP contribution in [-0.2, 0) is 4.79 Å². The molecule has 2 atom stereocenters. The summed E-state index contributed by atoms with van der Waals surface area (Å²) in [6.07, 6.45) is 1.28. The van der Waals surface area contributed by atoms with Gasteiger partial charge in [-0.2, -0.15) is 0 Å². The molecule has 0 radical (unpaired) electrons. The molecule has 1 aromatic rings. The van der Waals surface area contributed by atoms with Gasteiger partial charge in [0.2, 0.25) is 5.91 Å². The summed E-state index contributed by atoms with van der Waals surface area (Å²) in [5.74, 6) is -0.210. The van der Waals surface area contributed by atoms with Crippen LogP contribution in [0, 0.1) is 0 Å². The number of nitrogens with two attached hydrogens (primary N) is 1. The molecule has 2 rings (SSSR count). The second-order valence-electron chi connectivity index (χ2n) is 5.32. The molecule has 21 heavy (non-hydrogen) atoms. The van der Waals surface area contributed by atoms with Crippen molar-refractivity contribution < 1.29 is 9.90 Å². The Kier molecular flexibility index (Phi) is 5.32. The lowest BCUT2D eigenvalue weighted by atomic mass is 10.1. The van der Waals surface area contributed by atoms with Crippen molar-refractivity contribution in [3.8, 4) is 0 Å². The number of likely N-dealkylation sites (tertiary alicyclic amines) is 1. The van der Waals surface area contributed by atoms with E-state index in [-0.39, 0.29) is 18.1 Å². The number of nitrogen functional groups attached to an aromatic ring is 1. The van der Waals surface area contributed by atoms with E-state index in [9.17, 15) is 9.90 Å². The van der Waals surface area contributed by atoms with Gasteiger partial charge in [0, 0.05) is 12.2 Å². The molecule has 1 fully saturated rings. The van der Waals surface area contributed by atoms with E-state index in [0.29, 0.717) is 28.0 Å². The van der Waals surface area contributed by atoms with Crippen molar-refractivity contribution in [1.29, 1.82) is 0 Å². The third-order valence-corrected chi connectivity index (χ3v) is 4.26. The molecule has 116 valence electrons. The highest BCUT2D eigenvalue weighted by atomic mass is 35.5. The minimum atomic E-state index is -0.377. The number of nitrogens with zero attached hydrogens (tertiary/aromatic N) is 1. The molecule has 0 saturated carbocycles. The maximum atomic E-state index is 12.3. The van der Waals surface area contributed by atoms with Crippen molar-refractivity contribution in [1.82, 2.24) is 4.90 Å². The van der Waals surface area contributed by atoms with Gasteiger partial charge in [-0.3, -0.25) is 9.69 Å². The second-order valence-corrected chi connectivity index (χ2v) is 6.13. The number of hydrogen-bond acceptors (Lipinski definition) is 4. The molecule has 7 heteroatoms. The summed E-state index contributed by atoms with van der Waals surface area (Å²) < 4.78 is 0. The molecule has 1 saturated heterocycles. The first-order valence-corrected chi connectivity index (χ1v) is 7.61. The Bertz CT molecular complexity index is 516. The van der Waals surface area contributed by atoms with E-state index in [4.69, 9.17) is 28.9 Å². The first kappa shape index (κ1) is 16.4. The van der Waals surface area contributed by atoms with Crippen LogP contribution in [0.2, 0.25) is 10.0 Å². The number of aliphatic hydroxyl groups is 1. The Morgan fingerprint density at radius 3 is 2.67 bits per heavy atom. The van der Waals surface area contributed by atoms with E-state index in [1.54, 1.807) is 19.1 Å². The molecule has 0 bridgehead atoms. The predicted molar refractivity (Wildman–Crippen MR) is 85.8 cm³/mol. The number of hydrogen-bond donors (Lipinski definition) is 3. The molecule has 0 spiro atoms. The number of β-amino-alcohol motifs (C(OH)–C–C–N with tert-alkyl or cyclic N) is 1. The fraction of sp³-hybridized carbons (Fsp3) is 0.500. The van der Waals surface area contributed by atoms with E-state index in [2.05, 4.69) is 5.32 Å².